The molecule has 3 heterocycles. The normalized spacial score (nSPS) is 18.5. The van der Waals surface area contributed by atoms with Crippen LogP contribution < -0.4 is 10.1 Å². The molecule has 0 radical (unpaired) electrons. The minimum atomic E-state index is -4.24. The summed E-state index contributed by atoms with van der Waals surface area (Å²) in [5.74, 6) is 0. The van der Waals surface area contributed by atoms with Crippen LogP contribution in [0.3, 0.4) is 0 Å². The molecule has 0 bridgehead atoms. The van der Waals surface area contributed by atoms with Gasteiger partial charge in [-0.2, -0.15) is 13.0 Å². The van der Waals surface area contributed by atoms with Crippen molar-refractivity contribution in [2.24, 2.45) is 0 Å². The van der Waals surface area contributed by atoms with Crippen LogP contribution in [0.4, 0.5) is 17.1 Å². The number of fused-ring (bicyclic) bond motifs is 4. The quantitative estimate of drug-likeness (QED) is 0.157. The fraction of sp³-hybridized carbons (Fsp3) is 0.184. The van der Waals surface area contributed by atoms with Gasteiger partial charge in [0.1, 0.15) is 8.07 Å². The van der Waals surface area contributed by atoms with E-state index in [2.05, 4.69) is 114 Å². The van der Waals surface area contributed by atoms with Crippen LogP contribution >= 0.6 is 0 Å². The van der Waals surface area contributed by atoms with Gasteiger partial charge in [-0.1, -0.05) is 61.6 Å². The highest BCUT2D eigenvalue weighted by atomic mass is 32.2. The topological polar surface area (TPSA) is 112 Å². The molecular weight excluding hydrogens is 673 g/mol. The summed E-state index contributed by atoms with van der Waals surface area (Å²) in [6.07, 6.45) is 8.70. The van der Waals surface area contributed by atoms with E-state index in [4.69, 9.17) is 12.6 Å². The molecule has 8 rings (SSSR count). The number of benzene rings is 4. The maximum Gasteiger partial charge on any atom is 0.425 e. The summed E-state index contributed by atoms with van der Waals surface area (Å²) >= 11 is 0. The number of hydrogen-bond acceptors (Lipinski definition) is 6. The van der Waals surface area contributed by atoms with Crippen LogP contribution in [0, 0.1) is 6.92 Å². The largest absolute Gasteiger partial charge is 0.425 e. The van der Waals surface area contributed by atoms with E-state index in [1.165, 1.54) is 61.2 Å². The average Bonchev–Trinajstić information content (AvgIpc) is 3.69. The van der Waals surface area contributed by atoms with E-state index in [1.807, 2.05) is 6.07 Å². The van der Waals surface area contributed by atoms with Crippen molar-refractivity contribution in [1.29, 1.82) is 0 Å². The highest BCUT2D eigenvalue weighted by Crippen LogP contribution is 2.44. The van der Waals surface area contributed by atoms with Crippen molar-refractivity contribution in [3.8, 4) is 0 Å². The zero-order valence-corrected chi connectivity index (χ0v) is 30.0. The maximum atomic E-state index is 11.8. The SMILES string of the molecule is Cc1ccccc1C1=C2C=CC(=[N+]3CCc4cc(S(=O)(=O)O)ccc43)C=C2[Si](C)(C)c2cc(N3CCc4ccccc43)ccc21.O=S(=O)=O. The Hall–Kier alpha value is -4.68. The highest BCUT2D eigenvalue weighted by Gasteiger charge is 2.41. The van der Waals surface area contributed by atoms with E-state index in [9.17, 15) is 13.0 Å². The predicted octanol–water partition coefficient (Wildman–Crippen LogP) is 6.04. The van der Waals surface area contributed by atoms with Gasteiger partial charge in [-0.05, 0) is 93.5 Å². The maximum absolute atomic E-state index is 11.8. The van der Waals surface area contributed by atoms with Crippen LogP contribution in [0.25, 0.3) is 5.57 Å². The minimum absolute atomic E-state index is 0.0485. The molecule has 0 saturated carbocycles. The highest BCUT2D eigenvalue weighted by molar-refractivity contribution is 7.85. The molecule has 0 saturated heterocycles. The second-order valence-corrected chi connectivity index (χ2v) is 19.3. The molecule has 0 amide bonds. The fourth-order valence-electron chi connectivity index (χ4n) is 7.72. The molecule has 0 aromatic heterocycles. The average molecular weight is 708 g/mol. The number of rotatable bonds is 3. The summed E-state index contributed by atoms with van der Waals surface area (Å²) < 4.78 is 60.8. The van der Waals surface area contributed by atoms with Crippen molar-refractivity contribution in [3.63, 3.8) is 0 Å². The number of allylic oxidation sites excluding steroid dienone is 5. The smallest absolute Gasteiger partial charge is 0.341 e. The van der Waals surface area contributed by atoms with E-state index in [0.29, 0.717) is 0 Å². The van der Waals surface area contributed by atoms with Crippen LogP contribution in [-0.4, -0.2) is 57.0 Å². The van der Waals surface area contributed by atoms with Crippen LogP contribution in [0.15, 0.2) is 119 Å². The molecule has 0 unspecified atom stereocenters. The third-order valence-electron chi connectivity index (χ3n) is 10.1. The van der Waals surface area contributed by atoms with Gasteiger partial charge in [0.05, 0.1) is 4.90 Å². The van der Waals surface area contributed by atoms with E-state index in [0.717, 1.165) is 42.9 Å². The molecule has 4 aliphatic rings. The lowest BCUT2D eigenvalue weighted by atomic mass is 9.87. The standard InChI is InChI=1S/C38H34N2O3SSi.O3S/c1-25-8-4-6-10-31(25)38-32-15-12-28(39-20-18-26-9-5-7-11-34(26)39)23-36(32)45(2,3)37-24-29(13-16-33(37)38)40-21-19-27-22-30(44(41,42)43)14-17-35(27)40;1-4(2)3/h4-17,22-24H,18-21H2,1-3H3;/p+1. The molecule has 1 aliphatic carbocycles. The van der Waals surface area contributed by atoms with Gasteiger partial charge >= 0.3 is 10.6 Å². The number of para-hydroxylation sites is 1. The van der Waals surface area contributed by atoms with Gasteiger partial charge in [-0.15, -0.1) is 12.6 Å². The number of hydrogen-bond donors (Lipinski definition) is 1. The van der Waals surface area contributed by atoms with E-state index < -0.39 is 28.8 Å². The Bertz CT molecular complexity index is 2420. The van der Waals surface area contributed by atoms with Crippen molar-refractivity contribution < 1.29 is 30.2 Å². The first-order valence-electron chi connectivity index (χ1n) is 16.1. The lowest BCUT2D eigenvalue weighted by molar-refractivity contribution is -0.427. The fourth-order valence-corrected chi connectivity index (χ4v) is 11.3. The summed E-state index contributed by atoms with van der Waals surface area (Å²) in [7, 11) is -9.55. The van der Waals surface area contributed by atoms with Gasteiger partial charge in [0.25, 0.3) is 10.1 Å². The summed E-state index contributed by atoms with van der Waals surface area (Å²) in [5.41, 5.74) is 13.5. The van der Waals surface area contributed by atoms with Gasteiger partial charge in [-0.25, -0.2) is 0 Å². The number of aryl methyl sites for hydroxylation is 1. The van der Waals surface area contributed by atoms with E-state index in [-0.39, 0.29) is 4.90 Å². The summed E-state index contributed by atoms with van der Waals surface area (Å²) in [6.45, 7) is 8.89. The monoisotopic (exact) mass is 707 g/mol. The van der Waals surface area contributed by atoms with Gasteiger partial charge in [0.2, 0.25) is 11.4 Å². The number of nitrogens with zero attached hydrogens (tertiary/aromatic N) is 2. The first-order chi connectivity index (χ1) is 23.3. The van der Waals surface area contributed by atoms with Gasteiger partial charge in [0.15, 0.2) is 6.54 Å². The molecule has 248 valence electrons. The lowest BCUT2D eigenvalue weighted by Crippen LogP contribution is -2.49. The second kappa shape index (κ2) is 12.3. The summed E-state index contributed by atoms with van der Waals surface area (Å²) in [6, 6.07) is 29.5. The molecule has 49 heavy (non-hydrogen) atoms. The van der Waals surface area contributed by atoms with Gasteiger partial charge in [-0.3, -0.25) is 4.55 Å². The molecule has 4 aromatic rings. The molecule has 3 aliphatic heterocycles. The van der Waals surface area contributed by atoms with Crippen molar-refractivity contribution in [2.45, 2.75) is 37.8 Å². The molecule has 8 nitrogen and oxygen atoms in total. The third kappa shape index (κ3) is 5.86. The first kappa shape index (κ1) is 32.8. The van der Waals surface area contributed by atoms with Crippen molar-refractivity contribution >= 4 is 62.3 Å². The zero-order valence-electron chi connectivity index (χ0n) is 27.3. The molecule has 0 fully saturated rings. The first-order valence-corrected chi connectivity index (χ1v) is 21.5. The zero-order chi connectivity index (χ0) is 34.7. The predicted molar refractivity (Wildman–Crippen MR) is 195 cm³/mol. The van der Waals surface area contributed by atoms with Gasteiger partial charge < -0.3 is 4.90 Å². The van der Waals surface area contributed by atoms with Crippen LogP contribution in [0.1, 0.15) is 27.8 Å². The Kier molecular flexibility index (Phi) is 8.26. The van der Waals surface area contributed by atoms with Gasteiger partial charge in [0, 0.05) is 48.1 Å². The minimum Gasteiger partial charge on any atom is -0.341 e. The Morgan fingerprint density at radius 3 is 2.33 bits per heavy atom. The van der Waals surface area contributed by atoms with Crippen LogP contribution in [-0.2, 0) is 33.6 Å². The molecular formula is C38H35N2O6S2Si+. The van der Waals surface area contributed by atoms with Crippen molar-refractivity contribution in [3.05, 3.63) is 142 Å². The molecule has 1 N–H and O–H groups in total. The Balaban J connectivity index is 0.000000898. The number of anilines is 2. The van der Waals surface area contributed by atoms with Crippen LogP contribution in [0.5, 0.6) is 0 Å². The Morgan fingerprint density at radius 2 is 1.57 bits per heavy atom. The lowest BCUT2D eigenvalue weighted by Gasteiger charge is -2.38. The Labute approximate surface area is 288 Å². The Morgan fingerprint density at radius 1 is 0.837 bits per heavy atom. The van der Waals surface area contributed by atoms with Crippen molar-refractivity contribution in [1.82, 2.24) is 0 Å². The third-order valence-corrected chi connectivity index (χ3v) is 14.4. The molecule has 0 spiro atoms. The molecule has 4 aromatic carbocycles. The molecule has 0 atom stereocenters. The van der Waals surface area contributed by atoms with E-state index in [1.54, 1.807) is 6.07 Å². The summed E-state index contributed by atoms with van der Waals surface area (Å²) in [5, 5.41) is 2.86. The second-order valence-electron chi connectivity index (χ2n) is 13.2. The van der Waals surface area contributed by atoms with Crippen molar-refractivity contribution in [2.75, 3.05) is 18.0 Å². The molecule has 11 heteroatoms. The summed E-state index contributed by atoms with van der Waals surface area (Å²) in [4.78, 5) is 2.43. The van der Waals surface area contributed by atoms with Crippen LogP contribution in [0.2, 0.25) is 13.1 Å². The van der Waals surface area contributed by atoms with E-state index >= 15 is 0 Å².